The smallest absolute Gasteiger partial charge is 0.255 e. The van der Waals surface area contributed by atoms with E-state index >= 15 is 0 Å². The predicted octanol–water partition coefficient (Wildman–Crippen LogP) is 3.66. The lowest BCUT2D eigenvalue weighted by Crippen LogP contribution is -2.47. The van der Waals surface area contributed by atoms with E-state index < -0.39 is 24.0 Å². The molecule has 1 aliphatic rings. The van der Waals surface area contributed by atoms with Crippen LogP contribution in [0, 0.1) is 11.7 Å². The Morgan fingerprint density at radius 1 is 1.27 bits per heavy atom. The molecule has 1 aromatic heterocycles. The lowest BCUT2D eigenvalue weighted by Gasteiger charge is -2.35. The molecule has 4 N–H and O–H groups in total. The highest BCUT2D eigenvalue weighted by molar-refractivity contribution is 6.30. The molecule has 1 fully saturated rings. The van der Waals surface area contributed by atoms with Crippen LogP contribution in [0.25, 0.3) is 11.3 Å². The molecule has 30 heavy (non-hydrogen) atoms. The fraction of sp³-hybridized carbons (Fsp3) is 0.273. The van der Waals surface area contributed by atoms with Gasteiger partial charge in [-0.15, -0.1) is 0 Å². The molecule has 2 heterocycles. The van der Waals surface area contributed by atoms with Gasteiger partial charge in [-0.3, -0.25) is 15.2 Å². The first-order valence-electron chi connectivity index (χ1n) is 9.80. The molecule has 156 valence electrons. The van der Waals surface area contributed by atoms with Crippen LogP contribution in [0.3, 0.4) is 0 Å². The number of benzene rings is 2. The maximum atomic E-state index is 14.3. The Balaban J connectivity index is 1.66. The fourth-order valence-electron chi connectivity index (χ4n) is 3.93. The van der Waals surface area contributed by atoms with Gasteiger partial charge in [0.25, 0.3) is 5.91 Å². The van der Waals surface area contributed by atoms with Crippen LogP contribution in [0.1, 0.15) is 34.8 Å². The molecule has 1 amide bonds. The van der Waals surface area contributed by atoms with E-state index in [1.807, 2.05) is 12.1 Å². The van der Waals surface area contributed by atoms with Gasteiger partial charge in [-0.2, -0.15) is 5.10 Å². The number of nitrogens with one attached hydrogen (secondary N) is 3. The number of piperidine rings is 1. The Morgan fingerprint density at radius 2 is 2.10 bits per heavy atom. The number of halogens is 2. The summed E-state index contributed by atoms with van der Waals surface area (Å²) in [6.07, 6.45) is 2.22. The number of aromatic amines is 1. The summed E-state index contributed by atoms with van der Waals surface area (Å²) < 4.78 is 14.3. The quantitative estimate of drug-likeness (QED) is 0.499. The van der Waals surface area contributed by atoms with E-state index in [2.05, 4.69) is 20.8 Å². The SMILES string of the molecule is O=C(N[C@H](c1cccc(Cl)c1)[C@@H]1CCCNC1O)c1cn[nH]c1-c1ccccc1F. The number of rotatable bonds is 5. The van der Waals surface area contributed by atoms with Gasteiger partial charge >= 0.3 is 0 Å². The number of hydrogen-bond donors (Lipinski definition) is 4. The standard InChI is InChI=1S/C22H22ClFN4O2/c23-14-6-3-5-13(11-14)19(16-8-4-10-25-21(16)29)27-22(30)17-12-26-28-20(17)15-7-1-2-9-18(15)24/h1-3,5-7,9,11-12,16,19,21,25,29H,4,8,10H2,(H,26,28)(H,27,30)/t16-,19+,21?/m0/s1. The van der Waals surface area contributed by atoms with Crippen LogP contribution < -0.4 is 10.6 Å². The van der Waals surface area contributed by atoms with Gasteiger partial charge in [0, 0.05) is 16.5 Å². The van der Waals surface area contributed by atoms with Gasteiger partial charge in [-0.05, 0) is 49.2 Å². The van der Waals surface area contributed by atoms with Crippen molar-refractivity contribution in [2.75, 3.05) is 6.54 Å². The molecule has 0 radical (unpaired) electrons. The van der Waals surface area contributed by atoms with E-state index in [0.717, 1.165) is 18.4 Å². The number of amides is 1. The largest absolute Gasteiger partial charge is 0.378 e. The third-order valence-corrected chi connectivity index (χ3v) is 5.66. The average molecular weight is 429 g/mol. The monoisotopic (exact) mass is 428 g/mol. The van der Waals surface area contributed by atoms with Crippen molar-refractivity contribution in [2.45, 2.75) is 25.1 Å². The minimum Gasteiger partial charge on any atom is -0.378 e. The summed E-state index contributed by atoms with van der Waals surface area (Å²) in [5.41, 5.74) is 1.58. The highest BCUT2D eigenvalue weighted by atomic mass is 35.5. The summed E-state index contributed by atoms with van der Waals surface area (Å²) in [7, 11) is 0. The Bertz CT molecular complexity index is 1040. The van der Waals surface area contributed by atoms with E-state index in [0.29, 0.717) is 17.3 Å². The van der Waals surface area contributed by atoms with Crippen LogP contribution in [-0.2, 0) is 0 Å². The number of carbonyl (C=O) groups is 1. The molecule has 3 aromatic rings. The van der Waals surface area contributed by atoms with Crippen LogP contribution in [0.15, 0.2) is 54.7 Å². The Morgan fingerprint density at radius 3 is 2.87 bits per heavy atom. The number of aliphatic hydroxyl groups is 1. The van der Waals surface area contributed by atoms with E-state index in [4.69, 9.17) is 11.6 Å². The van der Waals surface area contributed by atoms with Crippen molar-refractivity contribution in [2.24, 2.45) is 5.92 Å². The highest BCUT2D eigenvalue weighted by Crippen LogP contribution is 2.32. The molecule has 1 unspecified atom stereocenters. The van der Waals surface area contributed by atoms with Gasteiger partial charge in [0.1, 0.15) is 12.0 Å². The maximum absolute atomic E-state index is 14.3. The number of hydrogen-bond acceptors (Lipinski definition) is 4. The van der Waals surface area contributed by atoms with Crippen LogP contribution >= 0.6 is 11.6 Å². The lowest BCUT2D eigenvalue weighted by molar-refractivity contribution is 0.0289. The summed E-state index contributed by atoms with van der Waals surface area (Å²) in [5.74, 6) is -1.11. The van der Waals surface area contributed by atoms with Gasteiger partial charge in [-0.1, -0.05) is 35.9 Å². The minimum atomic E-state index is -0.765. The zero-order valence-electron chi connectivity index (χ0n) is 16.1. The normalized spacial score (nSPS) is 20.0. The molecule has 6 nitrogen and oxygen atoms in total. The second-order valence-electron chi connectivity index (χ2n) is 7.35. The molecule has 0 spiro atoms. The van der Waals surface area contributed by atoms with Crippen molar-refractivity contribution >= 4 is 17.5 Å². The summed E-state index contributed by atoms with van der Waals surface area (Å²) >= 11 is 6.18. The van der Waals surface area contributed by atoms with Crippen molar-refractivity contribution in [3.63, 3.8) is 0 Å². The molecular formula is C22H22ClFN4O2. The first kappa shape index (κ1) is 20.5. The van der Waals surface area contributed by atoms with E-state index in [1.165, 1.54) is 12.3 Å². The molecule has 3 atom stereocenters. The Labute approximate surface area is 178 Å². The van der Waals surface area contributed by atoms with E-state index in [-0.39, 0.29) is 17.0 Å². The van der Waals surface area contributed by atoms with E-state index in [9.17, 15) is 14.3 Å². The van der Waals surface area contributed by atoms with Crippen LogP contribution in [0.5, 0.6) is 0 Å². The minimum absolute atomic E-state index is 0.227. The molecule has 0 bridgehead atoms. The maximum Gasteiger partial charge on any atom is 0.255 e. The molecule has 8 heteroatoms. The third kappa shape index (κ3) is 4.23. The molecule has 1 saturated heterocycles. The number of H-pyrrole nitrogens is 1. The first-order valence-corrected chi connectivity index (χ1v) is 10.2. The third-order valence-electron chi connectivity index (χ3n) is 5.42. The van der Waals surface area contributed by atoms with Gasteiger partial charge < -0.3 is 10.4 Å². The second-order valence-corrected chi connectivity index (χ2v) is 7.79. The number of aliphatic hydroxyl groups excluding tert-OH is 1. The van der Waals surface area contributed by atoms with Crippen molar-refractivity contribution < 1.29 is 14.3 Å². The Kier molecular flexibility index (Phi) is 6.13. The topological polar surface area (TPSA) is 90.0 Å². The number of nitrogens with zero attached hydrogens (tertiary/aromatic N) is 1. The van der Waals surface area contributed by atoms with Gasteiger partial charge in [-0.25, -0.2) is 4.39 Å². The van der Waals surface area contributed by atoms with Crippen LogP contribution in [-0.4, -0.2) is 34.0 Å². The summed E-state index contributed by atoms with van der Waals surface area (Å²) in [6, 6.07) is 12.9. The molecule has 0 aliphatic carbocycles. The summed E-state index contributed by atoms with van der Waals surface area (Å²) in [5, 5.41) is 23.8. The van der Waals surface area contributed by atoms with E-state index in [1.54, 1.807) is 30.3 Å². The zero-order valence-corrected chi connectivity index (χ0v) is 16.9. The van der Waals surface area contributed by atoms with Crippen molar-refractivity contribution in [1.82, 2.24) is 20.8 Å². The molecule has 1 aliphatic heterocycles. The molecule has 0 saturated carbocycles. The summed E-state index contributed by atoms with van der Waals surface area (Å²) in [4.78, 5) is 13.2. The van der Waals surface area contributed by atoms with Crippen LogP contribution in [0.4, 0.5) is 4.39 Å². The fourth-order valence-corrected chi connectivity index (χ4v) is 4.13. The molecular weight excluding hydrogens is 407 g/mol. The van der Waals surface area contributed by atoms with Crippen molar-refractivity contribution in [3.05, 3.63) is 76.7 Å². The van der Waals surface area contributed by atoms with Gasteiger partial charge in [0.15, 0.2) is 0 Å². The Hall–Kier alpha value is -2.74. The van der Waals surface area contributed by atoms with Crippen LogP contribution in [0.2, 0.25) is 5.02 Å². The van der Waals surface area contributed by atoms with Gasteiger partial charge in [0.05, 0.1) is 23.5 Å². The van der Waals surface area contributed by atoms with Crippen molar-refractivity contribution in [1.29, 1.82) is 0 Å². The second kappa shape index (κ2) is 8.95. The molecule has 2 aromatic carbocycles. The first-order chi connectivity index (χ1) is 14.5. The molecule has 4 rings (SSSR count). The highest BCUT2D eigenvalue weighted by Gasteiger charge is 2.33. The van der Waals surface area contributed by atoms with Crippen molar-refractivity contribution in [3.8, 4) is 11.3 Å². The lowest BCUT2D eigenvalue weighted by atomic mass is 9.85. The predicted molar refractivity (Wildman–Crippen MR) is 112 cm³/mol. The summed E-state index contributed by atoms with van der Waals surface area (Å²) in [6.45, 7) is 0.715. The average Bonchev–Trinajstić information content (AvgIpc) is 3.23. The zero-order chi connectivity index (χ0) is 21.1. The van der Waals surface area contributed by atoms with Gasteiger partial charge in [0.2, 0.25) is 0 Å². The number of carbonyl (C=O) groups excluding carboxylic acids is 1. The number of aromatic nitrogens is 2.